The standard InChI is InChI=1S/C11H11F3N2O3/c1-16(10(19)11(12,13)14)5-6-3-2-4-7(15)8(6)9(17)18/h2-4H,5,15H2,1H3,(H,17,18). The number of aromatic carboxylic acids is 1. The van der Waals surface area contributed by atoms with Crippen LogP contribution in [0.2, 0.25) is 0 Å². The molecule has 104 valence electrons. The van der Waals surface area contributed by atoms with E-state index in [1.807, 2.05) is 0 Å². The van der Waals surface area contributed by atoms with Gasteiger partial charge in [0.15, 0.2) is 0 Å². The lowest BCUT2D eigenvalue weighted by atomic mass is 10.1. The Morgan fingerprint density at radius 1 is 1.37 bits per heavy atom. The Kier molecular flexibility index (Phi) is 4.03. The minimum absolute atomic E-state index is 0.0348. The van der Waals surface area contributed by atoms with Crippen LogP contribution in [0, 0.1) is 0 Å². The summed E-state index contributed by atoms with van der Waals surface area (Å²) in [5.41, 5.74) is 5.12. The Hall–Kier alpha value is -2.25. The van der Waals surface area contributed by atoms with E-state index in [-0.39, 0.29) is 16.8 Å². The molecular weight excluding hydrogens is 265 g/mol. The van der Waals surface area contributed by atoms with Gasteiger partial charge < -0.3 is 15.7 Å². The quantitative estimate of drug-likeness (QED) is 0.819. The van der Waals surface area contributed by atoms with E-state index >= 15 is 0 Å². The zero-order chi connectivity index (χ0) is 14.8. The van der Waals surface area contributed by atoms with Crippen LogP contribution in [-0.2, 0) is 11.3 Å². The summed E-state index contributed by atoms with van der Waals surface area (Å²) in [6, 6.07) is 4.03. The summed E-state index contributed by atoms with van der Waals surface area (Å²) in [6.07, 6.45) is -5.00. The molecule has 0 aliphatic rings. The number of anilines is 1. The van der Waals surface area contributed by atoms with Crippen molar-refractivity contribution < 1.29 is 27.9 Å². The highest BCUT2D eigenvalue weighted by Gasteiger charge is 2.41. The molecule has 0 unspecified atom stereocenters. The van der Waals surface area contributed by atoms with Crippen LogP contribution in [0.4, 0.5) is 18.9 Å². The lowest BCUT2D eigenvalue weighted by molar-refractivity contribution is -0.184. The molecule has 0 aromatic heterocycles. The molecule has 19 heavy (non-hydrogen) atoms. The zero-order valence-corrected chi connectivity index (χ0v) is 9.86. The number of alkyl halides is 3. The number of nitrogens with zero attached hydrogens (tertiary/aromatic N) is 1. The monoisotopic (exact) mass is 276 g/mol. The molecule has 1 rings (SSSR count). The average molecular weight is 276 g/mol. The van der Waals surface area contributed by atoms with Crippen molar-refractivity contribution in [1.29, 1.82) is 0 Å². The largest absolute Gasteiger partial charge is 0.478 e. The van der Waals surface area contributed by atoms with Crippen LogP contribution >= 0.6 is 0 Å². The number of rotatable bonds is 3. The molecule has 0 heterocycles. The van der Waals surface area contributed by atoms with Crippen molar-refractivity contribution >= 4 is 17.6 Å². The van der Waals surface area contributed by atoms with E-state index in [9.17, 15) is 22.8 Å². The third kappa shape index (κ3) is 3.36. The molecule has 0 bridgehead atoms. The summed E-state index contributed by atoms with van der Waals surface area (Å²) in [5, 5.41) is 8.95. The van der Waals surface area contributed by atoms with Gasteiger partial charge in [0, 0.05) is 19.3 Å². The molecule has 0 spiro atoms. The summed E-state index contributed by atoms with van der Waals surface area (Å²) in [4.78, 5) is 22.3. The van der Waals surface area contributed by atoms with E-state index in [0.717, 1.165) is 7.05 Å². The first-order valence-electron chi connectivity index (χ1n) is 5.07. The smallest absolute Gasteiger partial charge is 0.471 e. The Labute approximate surface area is 106 Å². The number of carbonyl (C=O) groups excluding carboxylic acids is 1. The second-order valence-electron chi connectivity index (χ2n) is 3.85. The number of halogens is 3. The van der Waals surface area contributed by atoms with Gasteiger partial charge in [0.2, 0.25) is 0 Å². The maximum absolute atomic E-state index is 12.2. The minimum atomic E-state index is -5.00. The van der Waals surface area contributed by atoms with Crippen LogP contribution < -0.4 is 5.73 Å². The Morgan fingerprint density at radius 3 is 2.42 bits per heavy atom. The highest BCUT2D eigenvalue weighted by molar-refractivity contribution is 5.95. The predicted molar refractivity (Wildman–Crippen MR) is 60.3 cm³/mol. The number of carboxylic acids is 1. The lowest BCUT2D eigenvalue weighted by Crippen LogP contribution is -2.38. The van der Waals surface area contributed by atoms with Gasteiger partial charge in [-0.2, -0.15) is 13.2 Å². The van der Waals surface area contributed by atoms with Gasteiger partial charge in [0.25, 0.3) is 0 Å². The number of carbonyl (C=O) groups is 2. The summed E-state index contributed by atoms with van der Waals surface area (Å²) in [7, 11) is 0.935. The number of hydrogen-bond acceptors (Lipinski definition) is 3. The van der Waals surface area contributed by atoms with Gasteiger partial charge in [0.05, 0.1) is 5.56 Å². The van der Waals surface area contributed by atoms with Gasteiger partial charge in [-0.25, -0.2) is 4.79 Å². The van der Waals surface area contributed by atoms with Crippen molar-refractivity contribution in [3.8, 4) is 0 Å². The molecular formula is C11H11F3N2O3. The fraction of sp³-hybridized carbons (Fsp3) is 0.273. The summed E-state index contributed by atoms with van der Waals surface area (Å²) in [5.74, 6) is -3.41. The van der Waals surface area contributed by atoms with Crippen LogP contribution in [-0.4, -0.2) is 35.1 Å². The van der Waals surface area contributed by atoms with Gasteiger partial charge in [-0.3, -0.25) is 4.79 Å². The van der Waals surface area contributed by atoms with E-state index in [2.05, 4.69) is 0 Å². The normalized spacial score (nSPS) is 11.2. The molecule has 0 atom stereocenters. The molecule has 3 N–H and O–H groups in total. The van der Waals surface area contributed by atoms with Crippen LogP contribution in [0.25, 0.3) is 0 Å². The zero-order valence-electron chi connectivity index (χ0n) is 9.86. The fourth-order valence-corrected chi connectivity index (χ4v) is 1.56. The Balaban J connectivity index is 3.04. The predicted octanol–water partition coefficient (Wildman–Crippen LogP) is 1.49. The van der Waals surface area contributed by atoms with Gasteiger partial charge in [-0.05, 0) is 11.6 Å². The minimum Gasteiger partial charge on any atom is -0.478 e. The first-order chi connectivity index (χ1) is 8.64. The second kappa shape index (κ2) is 5.17. The lowest BCUT2D eigenvalue weighted by Gasteiger charge is -2.20. The number of nitrogens with two attached hydrogens (primary N) is 1. The molecule has 1 amide bonds. The van der Waals surface area contributed by atoms with Crippen molar-refractivity contribution in [3.05, 3.63) is 29.3 Å². The molecule has 1 aromatic rings. The van der Waals surface area contributed by atoms with Gasteiger partial charge in [-0.1, -0.05) is 12.1 Å². The van der Waals surface area contributed by atoms with E-state index in [1.165, 1.54) is 18.2 Å². The Morgan fingerprint density at radius 2 is 1.95 bits per heavy atom. The van der Waals surface area contributed by atoms with Crippen molar-refractivity contribution in [2.24, 2.45) is 0 Å². The second-order valence-corrected chi connectivity index (χ2v) is 3.85. The topological polar surface area (TPSA) is 83.6 Å². The van der Waals surface area contributed by atoms with E-state index in [0.29, 0.717) is 4.90 Å². The summed E-state index contributed by atoms with van der Waals surface area (Å²) < 4.78 is 36.6. The van der Waals surface area contributed by atoms with Crippen molar-refractivity contribution in [1.82, 2.24) is 4.90 Å². The van der Waals surface area contributed by atoms with Crippen molar-refractivity contribution in [2.45, 2.75) is 12.7 Å². The van der Waals surface area contributed by atoms with E-state index in [4.69, 9.17) is 10.8 Å². The summed E-state index contributed by atoms with van der Waals surface area (Å²) >= 11 is 0. The van der Waals surface area contributed by atoms with E-state index in [1.54, 1.807) is 0 Å². The highest BCUT2D eigenvalue weighted by atomic mass is 19.4. The van der Waals surface area contributed by atoms with Crippen LogP contribution in [0.5, 0.6) is 0 Å². The van der Waals surface area contributed by atoms with Crippen LogP contribution in [0.15, 0.2) is 18.2 Å². The van der Waals surface area contributed by atoms with Gasteiger partial charge in [0.1, 0.15) is 0 Å². The van der Waals surface area contributed by atoms with Crippen LogP contribution in [0.3, 0.4) is 0 Å². The molecule has 0 saturated heterocycles. The maximum Gasteiger partial charge on any atom is 0.471 e. The molecule has 0 fully saturated rings. The first kappa shape index (κ1) is 14.8. The maximum atomic E-state index is 12.2. The molecule has 1 aromatic carbocycles. The molecule has 0 aliphatic carbocycles. The molecule has 8 heteroatoms. The number of benzene rings is 1. The highest BCUT2D eigenvalue weighted by Crippen LogP contribution is 2.22. The molecule has 0 aliphatic heterocycles. The number of carboxylic acid groups (broad SMARTS) is 1. The summed E-state index contributed by atoms with van der Waals surface area (Å²) in [6.45, 7) is -0.495. The SMILES string of the molecule is CN(Cc1cccc(N)c1C(=O)O)C(=O)C(F)(F)F. The first-order valence-corrected chi connectivity index (χ1v) is 5.07. The third-order valence-corrected chi connectivity index (χ3v) is 2.39. The number of amides is 1. The Bertz CT molecular complexity index is 514. The molecule has 0 radical (unpaired) electrons. The number of nitrogen functional groups attached to an aromatic ring is 1. The van der Waals surface area contributed by atoms with Gasteiger partial charge >= 0.3 is 18.1 Å². The fourth-order valence-electron chi connectivity index (χ4n) is 1.56. The molecule has 0 saturated carbocycles. The van der Waals surface area contributed by atoms with Crippen molar-refractivity contribution in [3.63, 3.8) is 0 Å². The average Bonchev–Trinajstić information content (AvgIpc) is 2.26. The molecule has 5 nitrogen and oxygen atoms in total. The van der Waals surface area contributed by atoms with Gasteiger partial charge in [-0.15, -0.1) is 0 Å². The third-order valence-electron chi connectivity index (χ3n) is 2.39. The number of hydrogen-bond donors (Lipinski definition) is 2. The van der Waals surface area contributed by atoms with Crippen LogP contribution in [0.1, 0.15) is 15.9 Å². The van der Waals surface area contributed by atoms with Crippen molar-refractivity contribution in [2.75, 3.05) is 12.8 Å². The van der Waals surface area contributed by atoms with E-state index < -0.39 is 24.6 Å².